The van der Waals surface area contributed by atoms with Crippen molar-refractivity contribution in [3.05, 3.63) is 12.4 Å². The van der Waals surface area contributed by atoms with Crippen LogP contribution in [-0.4, -0.2) is 37.8 Å². The van der Waals surface area contributed by atoms with Gasteiger partial charge in [0.25, 0.3) is 0 Å². The maximum Gasteiger partial charge on any atom is 0.243 e. The minimum Gasteiger partial charge on any atom is -0.320 e. The van der Waals surface area contributed by atoms with E-state index in [4.69, 9.17) is 0 Å². The molecule has 0 spiro atoms. The van der Waals surface area contributed by atoms with Crippen LogP contribution in [0.4, 0.5) is 0 Å². The Balaban J connectivity index is 2.61. The molecule has 1 aromatic rings. The fourth-order valence-electron chi connectivity index (χ4n) is 2.17. The van der Waals surface area contributed by atoms with E-state index in [1.165, 1.54) is 6.20 Å². The molecular formula is C14H28N4O2S. The van der Waals surface area contributed by atoms with E-state index in [9.17, 15) is 8.42 Å². The van der Waals surface area contributed by atoms with E-state index in [1.807, 2.05) is 14.0 Å². The Morgan fingerprint density at radius 2 is 2.10 bits per heavy atom. The molecule has 2 unspecified atom stereocenters. The number of hydrogen-bond donors (Lipinski definition) is 2. The summed E-state index contributed by atoms with van der Waals surface area (Å²) in [6.45, 7) is 7.73. The summed E-state index contributed by atoms with van der Waals surface area (Å²) in [7, 11) is -1.58. The highest BCUT2D eigenvalue weighted by molar-refractivity contribution is 7.89. The van der Waals surface area contributed by atoms with E-state index < -0.39 is 10.0 Å². The Bertz CT molecular complexity index is 513. The van der Waals surface area contributed by atoms with Gasteiger partial charge >= 0.3 is 0 Å². The predicted molar refractivity (Wildman–Crippen MR) is 84.6 cm³/mol. The first-order chi connectivity index (χ1) is 9.89. The lowest BCUT2D eigenvalue weighted by atomic mass is 10.0. The number of aromatic nitrogens is 2. The summed E-state index contributed by atoms with van der Waals surface area (Å²) in [4.78, 5) is 0.239. The van der Waals surface area contributed by atoms with Crippen LogP contribution in [-0.2, 0) is 16.6 Å². The molecule has 0 aromatic carbocycles. The maximum atomic E-state index is 12.3. The third-order valence-corrected chi connectivity index (χ3v) is 5.09. The minimum absolute atomic E-state index is 0.0717. The molecule has 6 nitrogen and oxygen atoms in total. The zero-order chi connectivity index (χ0) is 15.9. The first-order valence-corrected chi connectivity index (χ1v) is 9.06. The molecule has 0 amide bonds. The highest BCUT2D eigenvalue weighted by Crippen LogP contribution is 2.13. The number of nitrogens with zero attached hydrogens (tertiary/aromatic N) is 2. The van der Waals surface area contributed by atoms with E-state index in [-0.39, 0.29) is 10.9 Å². The molecule has 0 saturated heterocycles. The van der Waals surface area contributed by atoms with Crippen LogP contribution < -0.4 is 10.0 Å². The lowest BCUT2D eigenvalue weighted by Crippen LogP contribution is -2.33. The number of hydrogen-bond acceptors (Lipinski definition) is 4. The van der Waals surface area contributed by atoms with Crippen LogP contribution in [0.25, 0.3) is 0 Å². The normalized spacial score (nSPS) is 15.0. The van der Waals surface area contributed by atoms with Crippen LogP contribution in [0.5, 0.6) is 0 Å². The molecule has 0 aliphatic heterocycles. The molecule has 1 heterocycles. The van der Waals surface area contributed by atoms with Crippen molar-refractivity contribution in [1.29, 1.82) is 0 Å². The summed E-state index contributed by atoms with van der Waals surface area (Å²) in [5, 5.41) is 7.16. The van der Waals surface area contributed by atoms with Gasteiger partial charge in [0, 0.05) is 18.8 Å². The molecular weight excluding hydrogens is 288 g/mol. The molecule has 1 aromatic heterocycles. The second-order valence-electron chi connectivity index (χ2n) is 5.67. The van der Waals surface area contributed by atoms with Crippen LogP contribution in [0.15, 0.2) is 17.3 Å². The quantitative estimate of drug-likeness (QED) is 0.643. The van der Waals surface area contributed by atoms with Gasteiger partial charge in [0.2, 0.25) is 10.0 Å². The maximum absolute atomic E-state index is 12.3. The first kappa shape index (κ1) is 18.1. The molecule has 0 aliphatic rings. The predicted octanol–water partition coefficient (Wildman–Crippen LogP) is 1.60. The number of nitrogens with one attached hydrogen (secondary N) is 2. The van der Waals surface area contributed by atoms with Gasteiger partial charge in [0.1, 0.15) is 4.90 Å². The Morgan fingerprint density at radius 3 is 2.71 bits per heavy atom. The topological polar surface area (TPSA) is 76.0 Å². The van der Waals surface area contributed by atoms with Crippen LogP contribution in [0.3, 0.4) is 0 Å². The molecule has 2 atom stereocenters. The van der Waals surface area contributed by atoms with E-state index in [2.05, 4.69) is 29.0 Å². The second-order valence-corrected chi connectivity index (χ2v) is 7.38. The standard InChI is InChI=1S/C14H28N4O2S/c1-5-12(2)9-13(3)17-21(19,20)14-10-16-18(11-14)8-6-7-15-4/h10-13,15,17H,5-9H2,1-4H3. The Labute approximate surface area is 128 Å². The summed E-state index contributed by atoms with van der Waals surface area (Å²) < 4.78 is 29.0. The van der Waals surface area contributed by atoms with Gasteiger partial charge in [-0.3, -0.25) is 4.68 Å². The number of rotatable bonds is 10. The van der Waals surface area contributed by atoms with Gasteiger partial charge in [-0.15, -0.1) is 0 Å². The van der Waals surface area contributed by atoms with Crippen molar-refractivity contribution in [3.8, 4) is 0 Å². The molecule has 0 saturated carbocycles. The lowest BCUT2D eigenvalue weighted by Gasteiger charge is -2.16. The van der Waals surface area contributed by atoms with E-state index >= 15 is 0 Å². The van der Waals surface area contributed by atoms with Gasteiger partial charge in [0.15, 0.2) is 0 Å². The van der Waals surface area contributed by atoms with Gasteiger partial charge in [-0.1, -0.05) is 20.3 Å². The Morgan fingerprint density at radius 1 is 1.38 bits per heavy atom. The van der Waals surface area contributed by atoms with Crippen molar-refractivity contribution in [2.45, 2.75) is 57.5 Å². The highest BCUT2D eigenvalue weighted by Gasteiger charge is 2.20. The van der Waals surface area contributed by atoms with Crippen molar-refractivity contribution >= 4 is 10.0 Å². The van der Waals surface area contributed by atoms with Crippen molar-refractivity contribution in [2.24, 2.45) is 5.92 Å². The summed E-state index contributed by atoms with van der Waals surface area (Å²) in [5.41, 5.74) is 0. The zero-order valence-corrected chi connectivity index (χ0v) is 14.3. The first-order valence-electron chi connectivity index (χ1n) is 7.58. The molecule has 21 heavy (non-hydrogen) atoms. The molecule has 2 N–H and O–H groups in total. The van der Waals surface area contributed by atoms with E-state index in [0.717, 1.165) is 25.8 Å². The third kappa shape index (κ3) is 6.15. The molecule has 0 fully saturated rings. The van der Waals surface area contributed by atoms with Crippen molar-refractivity contribution < 1.29 is 8.42 Å². The Hall–Kier alpha value is -0.920. The van der Waals surface area contributed by atoms with Crippen LogP contribution >= 0.6 is 0 Å². The molecule has 1 rings (SSSR count). The molecule has 122 valence electrons. The zero-order valence-electron chi connectivity index (χ0n) is 13.5. The van der Waals surface area contributed by atoms with E-state index in [0.29, 0.717) is 12.5 Å². The van der Waals surface area contributed by atoms with Gasteiger partial charge in [-0.2, -0.15) is 5.10 Å². The van der Waals surface area contributed by atoms with Gasteiger partial charge in [-0.05, 0) is 39.3 Å². The van der Waals surface area contributed by atoms with Crippen molar-refractivity contribution in [2.75, 3.05) is 13.6 Å². The van der Waals surface area contributed by atoms with Crippen molar-refractivity contribution in [1.82, 2.24) is 19.8 Å². The SMILES string of the molecule is CCC(C)CC(C)NS(=O)(=O)c1cnn(CCCNC)c1. The number of sulfonamides is 1. The van der Waals surface area contributed by atoms with Crippen LogP contribution in [0, 0.1) is 5.92 Å². The highest BCUT2D eigenvalue weighted by atomic mass is 32.2. The largest absolute Gasteiger partial charge is 0.320 e. The van der Waals surface area contributed by atoms with Crippen LogP contribution in [0.2, 0.25) is 0 Å². The van der Waals surface area contributed by atoms with Crippen molar-refractivity contribution in [3.63, 3.8) is 0 Å². The summed E-state index contributed by atoms with van der Waals surface area (Å²) in [5.74, 6) is 0.506. The van der Waals surface area contributed by atoms with Gasteiger partial charge < -0.3 is 5.32 Å². The molecule has 0 aliphatic carbocycles. The summed E-state index contributed by atoms with van der Waals surface area (Å²) in [6, 6.07) is -0.0717. The average molecular weight is 316 g/mol. The fraction of sp³-hybridized carbons (Fsp3) is 0.786. The molecule has 0 radical (unpaired) electrons. The second kappa shape index (κ2) is 8.51. The lowest BCUT2D eigenvalue weighted by molar-refractivity contribution is 0.445. The average Bonchev–Trinajstić information content (AvgIpc) is 2.87. The Kier molecular flexibility index (Phi) is 7.34. The number of aryl methyl sites for hydroxylation is 1. The van der Waals surface area contributed by atoms with Gasteiger partial charge in [0.05, 0.1) is 6.20 Å². The van der Waals surface area contributed by atoms with E-state index in [1.54, 1.807) is 10.9 Å². The van der Waals surface area contributed by atoms with Gasteiger partial charge in [-0.25, -0.2) is 13.1 Å². The summed E-state index contributed by atoms with van der Waals surface area (Å²) in [6.07, 6.45) is 5.81. The minimum atomic E-state index is -3.47. The monoisotopic (exact) mass is 316 g/mol. The molecule has 7 heteroatoms. The summed E-state index contributed by atoms with van der Waals surface area (Å²) >= 11 is 0. The van der Waals surface area contributed by atoms with Crippen LogP contribution in [0.1, 0.15) is 40.0 Å². The third-order valence-electron chi connectivity index (χ3n) is 3.54. The molecule has 0 bridgehead atoms. The fourth-order valence-corrected chi connectivity index (χ4v) is 3.38. The smallest absolute Gasteiger partial charge is 0.243 e.